The normalized spacial score (nSPS) is 24.6. The molecule has 3 nitrogen and oxygen atoms in total. The van der Waals surface area contributed by atoms with E-state index < -0.39 is 0 Å². The Morgan fingerprint density at radius 1 is 1.44 bits per heavy atom. The van der Waals surface area contributed by atoms with Crippen molar-refractivity contribution in [1.82, 2.24) is 5.32 Å². The summed E-state index contributed by atoms with van der Waals surface area (Å²) < 4.78 is 11.4. The average Bonchev–Trinajstić information content (AvgIpc) is 2.81. The molecule has 1 fully saturated rings. The third kappa shape index (κ3) is 4.40. The summed E-state index contributed by atoms with van der Waals surface area (Å²) in [5, 5.41) is 3.37. The summed E-state index contributed by atoms with van der Waals surface area (Å²) in [6.07, 6.45) is 4.99. The van der Waals surface area contributed by atoms with Crippen LogP contribution in [0, 0.1) is 5.92 Å². The van der Waals surface area contributed by atoms with Crippen molar-refractivity contribution in [2.75, 3.05) is 26.9 Å². The topological polar surface area (TPSA) is 30.5 Å². The second-order valence-corrected chi connectivity index (χ2v) is 4.69. The van der Waals surface area contributed by atoms with Crippen molar-refractivity contribution >= 4 is 0 Å². The van der Waals surface area contributed by atoms with Crippen LogP contribution < -0.4 is 5.32 Å². The van der Waals surface area contributed by atoms with Gasteiger partial charge in [-0.3, -0.25) is 0 Å². The first-order valence-electron chi connectivity index (χ1n) is 6.68. The van der Waals surface area contributed by atoms with Crippen LogP contribution in [0.25, 0.3) is 0 Å². The van der Waals surface area contributed by atoms with Crippen LogP contribution in [0.5, 0.6) is 0 Å². The monoisotopic (exact) mass is 229 g/mol. The lowest BCUT2D eigenvalue weighted by atomic mass is 10.0. The van der Waals surface area contributed by atoms with Gasteiger partial charge in [0.05, 0.1) is 19.3 Å². The maximum Gasteiger partial charge on any atom is 0.0725 e. The summed E-state index contributed by atoms with van der Waals surface area (Å²) in [7, 11) is 2.03. The standard InChI is InChI=1S/C13H27NO2/c1-4-6-12(14-3)13(5-2)16-10-11-7-8-15-9-11/h11-14H,4-10H2,1-3H3. The van der Waals surface area contributed by atoms with Crippen molar-refractivity contribution in [3.63, 3.8) is 0 Å². The molecule has 0 saturated carbocycles. The quantitative estimate of drug-likeness (QED) is 0.692. The van der Waals surface area contributed by atoms with E-state index in [9.17, 15) is 0 Å². The van der Waals surface area contributed by atoms with Crippen molar-refractivity contribution in [3.8, 4) is 0 Å². The number of likely N-dealkylation sites (N-methyl/N-ethyl adjacent to an activating group) is 1. The molecule has 3 heteroatoms. The average molecular weight is 229 g/mol. The first-order valence-corrected chi connectivity index (χ1v) is 6.68. The van der Waals surface area contributed by atoms with Crippen LogP contribution in [0.2, 0.25) is 0 Å². The van der Waals surface area contributed by atoms with E-state index in [1.165, 1.54) is 12.8 Å². The van der Waals surface area contributed by atoms with E-state index >= 15 is 0 Å². The molecule has 0 bridgehead atoms. The van der Waals surface area contributed by atoms with Crippen molar-refractivity contribution in [3.05, 3.63) is 0 Å². The Morgan fingerprint density at radius 2 is 2.25 bits per heavy atom. The zero-order chi connectivity index (χ0) is 11.8. The number of nitrogens with one attached hydrogen (secondary N) is 1. The highest BCUT2D eigenvalue weighted by Crippen LogP contribution is 2.16. The van der Waals surface area contributed by atoms with Gasteiger partial charge in [0.25, 0.3) is 0 Å². The van der Waals surface area contributed by atoms with E-state index in [0.717, 1.165) is 32.7 Å². The Balaban J connectivity index is 2.28. The van der Waals surface area contributed by atoms with E-state index in [1.54, 1.807) is 0 Å². The van der Waals surface area contributed by atoms with Gasteiger partial charge in [-0.25, -0.2) is 0 Å². The Labute approximate surface area is 99.9 Å². The van der Waals surface area contributed by atoms with E-state index in [4.69, 9.17) is 9.47 Å². The highest BCUT2D eigenvalue weighted by Gasteiger charge is 2.21. The molecule has 0 spiro atoms. The largest absolute Gasteiger partial charge is 0.381 e. The fraction of sp³-hybridized carbons (Fsp3) is 1.00. The fourth-order valence-corrected chi connectivity index (χ4v) is 2.32. The van der Waals surface area contributed by atoms with E-state index in [2.05, 4.69) is 19.2 Å². The van der Waals surface area contributed by atoms with Crippen LogP contribution in [0.15, 0.2) is 0 Å². The van der Waals surface area contributed by atoms with Crippen molar-refractivity contribution < 1.29 is 9.47 Å². The van der Waals surface area contributed by atoms with E-state index in [0.29, 0.717) is 18.1 Å². The summed E-state index contributed by atoms with van der Waals surface area (Å²) in [5.74, 6) is 0.619. The lowest BCUT2D eigenvalue weighted by Gasteiger charge is -2.27. The molecule has 0 aromatic heterocycles. The molecule has 1 heterocycles. The highest BCUT2D eigenvalue weighted by molar-refractivity contribution is 4.75. The molecule has 0 aromatic rings. The summed E-state index contributed by atoms with van der Waals surface area (Å²) in [4.78, 5) is 0. The molecule has 3 atom stereocenters. The molecule has 1 aliphatic rings. The van der Waals surface area contributed by atoms with Crippen LogP contribution in [0.4, 0.5) is 0 Å². The smallest absolute Gasteiger partial charge is 0.0725 e. The third-order valence-corrected chi connectivity index (χ3v) is 3.39. The second-order valence-electron chi connectivity index (χ2n) is 4.69. The fourth-order valence-electron chi connectivity index (χ4n) is 2.32. The minimum absolute atomic E-state index is 0.352. The lowest BCUT2D eigenvalue weighted by molar-refractivity contribution is 0.00171. The van der Waals surface area contributed by atoms with Gasteiger partial charge in [0.1, 0.15) is 0 Å². The molecule has 1 rings (SSSR count). The molecule has 96 valence electrons. The predicted molar refractivity (Wildman–Crippen MR) is 66.7 cm³/mol. The molecule has 0 amide bonds. The summed E-state index contributed by atoms with van der Waals surface area (Å²) in [6, 6.07) is 0.498. The lowest BCUT2D eigenvalue weighted by Crippen LogP contribution is -2.39. The van der Waals surface area contributed by atoms with Gasteiger partial charge in [0.15, 0.2) is 0 Å². The molecular weight excluding hydrogens is 202 g/mol. The molecule has 1 N–H and O–H groups in total. The predicted octanol–water partition coefficient (Wildman–Crippen LogP) is 2.21. The van der Waals surface area contributed by atoms with Gasteiger partial charge in [-0.15, -0.1) is 0 Å². The molecule has 1 saturated heterocycles. The third-order valence-electron chi connectivity index (χ3n) is 3.39. The highest BCUT2D eigenvalue weighted by atomic mass is 16.5. The number of hydrogen-bond donors (Lipinski definition) is 1. The SMILES string of the molecule is CCCC(NC)C(CC)OCC1CCOC1. The van der Waals surface area contributed by atoms with Gasteiger partial charge >= 0.3 is 0 Å². The Morgan fingerprint density at radius 3 is 2.75 bits per heavy atom. The minimum Gasteiger partial charge on any atom is -0.381 e. The van der Waals surface area contributed by atoms with Crippen LogP contribution in [-0.4, -0.2) is 39.0 Å². The first kappa shape index (κ1) is 13.9. The maximum atomic E-state index is 6.04. The van der Waals surface area contributed by atoms with Crippen molar-refractivity contribution in [2.24, 2.45) is 5.92 Å². The van der Waals surface area contributed by atoms with Gasteiger partial charge in [-0.1, -0.05) is 20.3 Å². The van der Waals surface area contributed by atoms with Crippen LogP contribution in [0.3, 0.4) is 0 Å². The number of rotatable bonds is 8. The van der Waals surface area contributed by atoms with Gasteiger partial charge < -0.3 is 14.8 Å². The van der Waals surface area contributed by atoms with Gasteiger partial charge in [-0.05, 0) is 26.3 Å². The Hall–Kier alpha value is -0.120. The maximum absolute atomic E-state index is 6.04. The Bertz CT molecular complexity index is 169. The zero-order valence-corrected chi connectivity index (χ0v) is 11.0. The second kappa shape index (κ2) is 8.04. The van der Waals surface area contributed by atoms with E-state index in [1.807, 2.05) is 7.05 Å². The number of hydrogen-bond acceptors (Lipinski definition) is 3. The minimum atomic E-state index is 0.352. The van der Waals surface area contributed by atoms with Crippen molar-refractivity contribution in [1.29, 1.82) is 0 Å². The molecule has 0 radical (unpaired) electrons. The number of ether oxygens (including phenoxy) is 2. The van der Waals surface area contributed by atoms with E-state index in [-0.39, 0.29) is 0 Å². The summed E-state index contributed by atoms with van der Waals surface area (Å²) in [5.41, 5.74) is 0. The first-order chi connectivity index (χ1) is 7.81. The molecule has 16 heavy (non-hydrogen) atoms. The molecule has 1 aliphatic heterocycles. The molecular formula is C13H27NO2. The van der Waals surface area contributed by atoms with Crippen LogP contribution >= 0.6 is 0 Å². The molecule has 0 aromatic carbocycles. The van der Waals surface area contributed by atoms with Crippen molar-refractivity contribution in [2.45, 2.75) is 51.7 Å². The van der Waals surface area contributed by atoms with Crippen LogP contribution in [0.1, 0.15) is 39.5 Å². The zero-order valence-electron chi connectivity index (χ0n) is 11.0. The molecule has 3 unspecified atom stereocenters. The summed E-state index contributed by atoms with van der Waals surface area (Å²) >= 11 is 0. The van der Waals surface area contributed by atoms with Crippen LogP contribution in [-0.2, 0) is 9.47 Å². The van der Waals surface area contributed by atoms with Gasteiger partial charge in [0, 0.05) is 18.6 Å². The molecule has 0 aliphatic carbocycles. The van der Waals surface area contributed by atoms with Gasteiger partial charge in [0.2, 0.25) is 0 Å². The van der Waals surface area contributed by atoms with Gasteiger partial charge in [-0.2, -0.15) is 0 Å². The summed E-state index contributed by atoms with van der Waals surface area (Å²) in [6.45, 7) is 7.09. The Kier molecular flexibility index (Phi) is 7.01.